The first kappa shape index (κ1) is 9.62. The van der Waals surface area contributed by atoms with Crippen LogP contribution in [-0.4, -0.2) is 20.2 Å². The molecule has 0 aromatic carbocycles. The molecule has 0 unspecified atom stereocenters. The molecule has 1 aliphatic rings. The molecule has 1 aliphatic carbocycles. The SMILES string of the molecule is CC(C)n1nnc(C2CCCCC2)n1. The smallest absolute Gasteiger partial charge is 0.162 e. The van der Waals surface area contributed by atoms with E-state index in [1.807, 2.05) is 0 Å². The minimum absolute atomic E-state index is 0.319. The number of rotatable bonds is 2. The molecule has 0 saturated heterocycles. The first-order valence-electron chi connectivity index (χ1n) is 5.57. The van der Waals surface area contributed by atoms with Crippen molar-refractivity contribution in [2.24, 2.45) is 0 Å². The molecule has 0 bridgehead atoms. The Balaban J connectivity index is 2.07. The Bertz CT molecular complexity index is 286. The molecule has 1 heterocycles. The second-order valence-electron chi connectivity index (χ2n) is 4.40. The van der Waals surface area contributed by atoms with E-state index in [0.717, 1.165) is 5.82 Å². The Kier molecular flexibility index (Phi) is 2.79. The number of hydrogen-bond donors (Lipinski definition) is 0. The Morgan fingerprint density at radius 1 is 1.21 bits per heavy atom. The van der Waals surface area contributed by atoms with Crippen LogP contribution in [0.2, 0.25) is 0 Å². The lowest BCUT2D eigenvalue weighted by atomic mass is 9.89. The summed E-state index contributed by atoms with van der Waals surface area (Å²) in [5.41, 5.74) is 0. The van der Waals surface area contributed by atoms with Crippen LogP contribution in [0.25, 0.3) is 0 Å². The molecule has 0 spiro atoms. The van der Waals surface area contributed by atoms with E-state index in [1.165, 1.54) is 32.1 Å². The third kappa shape index (κ3) is 1.94. The first-order valence-corrected chi connectivity index (χ1v) is 5.57. The van der Waals surface area contributed by atoms with E-state index in [2.05, 4.69) is 29.3 Å². The van der Waals surface area contributed by atoms with Crippen LogP contribution in [0.1, 0.15) is 63.7 Å². The number of aromatic nitrogens is 4. The zero-order chi connectivity index (χ0) is 9.97. The summed E-state index contributed by atoms with van der Waals surface area (Å²) in [4.78, 5) is 1.71. The summed E-state index contributed by atoms with van der Waals surface area (Å²) >= 11 is 0. The van der Waals surface area contributed by atoms with Gasteiger partial charge < -0.3 is 0 Å². The third-order valence-corrected chi connectivity index (χ3v) is 2.88. The van der Waals surface area contributed by atoms with E-state index < -0.39 is 0 Å². The fraction of sp³-hybridized carbons (Fsp3) is 0.900. The molecule has 14 heavy (non-hydrogen) atoms. The van der Waals surface area contributed by atoms with Crippen molar-refractivity contribution in [1.29, 1.82) is 0 Å². The van der Waals surface area contributed by atoms with Gasteiger partial charge in [0.1, 0.15) is 0 Å². The van der Waals surface area contributed by atoms with Gasteiger partial charge in [-0.1, -0.05) is 19.3 Å². The largest absolute Gasteiger partial charge is 0.177 e. The normalized spacial score (nSPS) is 19.1. The van der Waals surface area contributed by atoms with E-state index in [1.54, 1.807) is 4.80 Å². The monoisotopic (exact) mass is 194 g/mol. The zero-order valence-corrected chi connectivity index (χ0v) is 8.98. The summed E-state index contributed by atoms with van der Waals surface area (Å²) in [5.74, 6) is 1.52. The Labute approximate surface area is 84.7 Å². The fourth-order valence-electron chi connectivity index (χ4n) is 1.98. The molecule has 1 aromatic heterocycles. The number of tetrazole rings is 1. The minimum Gasteiger partial charge on any atom is -0.162 e. The summed E-state index contributed by atoms with van der Waals surface area (Å²) in [6.45, 7) is 4.15. The molecule has 1 fully saturated rings. The van der Waals surface area contributed by atoms with Crippen LogP contribution < -0.4 is 0 Å². The van der Waals surface area contributed by atoms with Crippen molar-refractivity contribution in [3.8, 4) is 0 Å². The van der Waals surface area contributed by atoms with Gasteiger partial charge in [-0.15, -0.1) is 10.2 Å². The van der Waals surface area contributed by atoms with Crippen LogP contribution in [-0.2, 0) is 0 Å². The van der Waals surface area contributed by atoms with Crippen molar-refractivity contribution in [2.45, 2.75) is 57.9 Å². The second-order valence-corrected chi connectivity index (χ2v) is 4.40. The van der Waals surface area contributed by atoms with E-state index in [0.29, 0.717) is 12.0 Å². The van der Waals surface area contributed by atoms with Crippen LogP contribution in [0.4, 0.5) is 0 Å². The predicted octanol–water partition coefficient (Wildman–Crippen LogP) is 2.30. The van der Waals surface area contributed by atoms with Gasteiger partial charge in [0, 0.05) is 5.92 Å². The second kappa shape index (κ2) is 4.07. The van der Waals surface area contributed by atoms with Crippen molar-refractivity contribution in [3.63, 3.8) is 0 Å². The van der Waals surface area contributed by atoms with E-state index in [-0.39, 0.29) is 0 Å². The lowest BCUT2D eigenvalue weighted by molar-refractivity contribution is 0.419. The van der Waals surface area contributed by atoms with Crippen molar-refractivity contribution in [1.82, 2.24) is 20.2 Å². The Morgan fingerprint density at radius 3 is 2.50 bits per heavy atom. The maximum Gasteiger partial charge on any atom is 0.177 e. The quantitative estimate of drug-likeness (QED) is 0.725. The average Bonchev–Trinajstić information content (AvgIpc) is 2.68. The van der Waals surface area contributed by atoms with Gasteiger partial charge in [0.15, 0.2) is 5.82 Å². The minimum atomic E-state index is 0.319. The molecule has 1 aromatic rings. The van der Waals surface area contributed by atoms with Crippen molar-refractivity contribution in [3.05, 3.63) is 5.82 Å². The third-order valence-electron chi connectivity index (χ3n) is 2.88. The molecule has 2 rings (SSSR count). The highest BCUT2D eigenvalue weighted by atomic mass is 15.6. The van der Waals surface area contributed by atoms with E-state index in [9.17, 15) is 0 Å². The van der Waals surface area contributed by atoms with Gasteiger partial charge in [-0.2, -0.15) is 4.80 Å². The summed E-state index contributed by atoms with van der Waals surface area (Å²) in [6.07, 6.45) is 6.49. The maximum atomic E-state index is 4.43. The van der Waals surface area contributed by atoms with Gasteiger partial charge in [0.25, 0.3) is 0 Å². The molecule has 0 aliphatic heterocycles. The van der Waals surface area contributed by atoms with Crippen molar-refractivity contribution in [2.75, 3.05) is 0 Å². The van der Waals surface area contributed by atoms with Crippen LogP contribution >= 0.6 is 0 Å². The molecule has 4 heteroatoms. The Hall–Kier alpha value is -0.930. The summed E-state index contributed by atoms with van der Waals surface area (Å²) < 4.78 is 0. The van der Waals surface area contributed by atoms with E-state index in [4.69, 9.17) is 0 Å². The maximum absolute atomic E-state index is 4.43. The van der Waals surface area contributed by atoms with Crippen LogP contribution in [0.5, 0.6) is 0 Å². The molecule has 0 atom stereocenters. The topological polar surface area (TPSA) is 43.6 Å². The molecular weight excluding hydrogens is 176 g/mol. The molecule has 78 valence electrons. The lowest BCUT2D eigenvalue weighted by Gasteiger charge is -2.17. The van der Waals surface area contributed by atoms with Gasteiger partial charge in [-0.05, 0) is 31.9 Å². The highest BCUT2D eigenvalue weighted by Crippen LogP contribution is 2.30. The molecule has 1 saturated carbocycles. The van der Waals surface area contributed by atoms with Crippen LogP contribution in [0, 0.1) is 0 Å². The van der Waals surface area contributed by atoms with Gasteiger partial charge in [0.05, 0.1) is 6.04 Å². The molecule has 0 radical (unpaired) electrons. The lowest BCUT2D eigenvalue weighted by Crippen LogP contribution is -2.08. The summed E-state index contributed by atoms with van der Waals surface area (Å²) in [7, 11) is 0. The first-order chi connectivity index (χ1) is 6.77. The van der Waals surface area contributed by atoms with Crippen molar-refractivity contribution < 1.29 is 0 Å². The predicted molar refractivity (Wildman–Crippen MR) is 54.0 cm³/mol. The molecule has 0 amide bonds. The van der Waals surface area contributed by atoms with Gasteiger partial charge in [-0.25, -0.2) is 0 Å². The van der Waals surface area contributed by atoms with E-state index >= 15 is 0 Å². The van der Waals surface area contributed by atoms with Gasteiger partial charge in [0.2, 0.25) is 0 Å². The standard InChI is InChI=1S/C10H18N4/c1-8(2)14-12-10(11-13-14)9-6-4-3-5-7-9/h8-9H,3-7H2,1-2H3. The zero-order valence-electron chi connectivity index (χ0n) is 8.98. The Morgan fingerprint density at radius 2 is 1.93 bits per heavy atom. The molecule has 4 nitrogen and oxygen atoms in total. The number of nitrogens with zero attached hydrogens (tertiary/aromatic N) is 4. The van der Waals surface area contributed by atoms with Crippen LogP contribution in [0.3, 0.4) is 0 Å². The number of hydrogen-bond acceptors (Lipinski definition) is 3. The highest BCUT2D eigenvalue weighted by Gasteiger charge is 2.20. The molecule has 0 N–H and O–H groups in total. The highest BCUT2D eigenvalue weighted by molar-refractivity contribution is 4.92. The summed E-state index contributed by atoms with van der Waals surface area (Å²) in [5, 5.41) is 12.6. The van der Waals surface area contributed by atoms with Crippen LogP contribution in [0.15, 0.2) is 0 Å². The van der Waals surface area contributed by atoms with Crippen molar-refractivity contribution >= 4 is 0 Å². The van der Waals surface area contributed by atoms with Gasteiger partial charge >= 0.3 is 0 Å². The van der Waals surface area contributed by atoms with Gasteiger partial charge in [-0.3, -0.25) is 0 Å². The summed E-state index contributed by atoms with van der Waals surface area (Å²) in [6, 6.07) is 0.319. The molecular formula is C10H18N4. The fourth-order valence-corrected chi connectivity index (χ4v) is 1.98. The average molecular weight is 194 g/mol.